The zero-order valence-corrected chi connectivity index (χ0v) is 6.59. The lowest BCUT2D eigenvalue weighted by Gasteiger charge is -2.37. The highest BCUT2D eigenvalue weighted by molar-refractivity contribution is 6.25. The van der Waals surface area contributed by atoms with E-state index in [1.54, 1.807) is 0 Å². The first kappa shape index (κ1) is 8.05. The van der Waals surface area contributed by atoms with Gasteiger partial charge in [-0.25, -0.2) is 0 Å². The van der Waals surface area contributed by atoms with Gasteiger partial charge in [0.2, 0.25) is 0 Å². The monoisotopic (exact) mass is 161 g/mol. The van der Waals surface area contributed by atoms with Crippen molar-refractivity contribution in [2.45, 2.75) is 0 Å². The van der Waals surface area contributed by atoms with Crippen LogP contribution in [-0.2, 0) is 0 Å². The Morgan fingerprint density at radius 2 is 2.30 bits per heavy atom. The molecule has 1 rings (SSSR count). The molecule has 1 saturated heterocycles. The first-order valence-corrected chi connectivity index (χ1v) is 3.89. The largest absolute Gasteiger partial charge is 0.396 e. The van der Waals surface area contributed by atoms with Crippen molar-refractivity contribution in [1.29, 1.82) is 0 Å². The summed E-state index contributed by atoms with van der Waals surface area (Å²) in [6.07, 6.45) is 1.91. The minimum Gasteiger partial charge on any atom is -0.396 e. The fraction of sp³-hybridized carbons (Fsp3) is 0.714. The normalized spacial score (nSPS) is 21.8. The van der Waals surface area contributed by atoms with Crippen LogP contribution in [0.3, 0.4) is 0 Å². The molecule has 1 heterocycles. The molecule has 58 valence electrons. The van der Waals surface area contributed by atoms with Gasteiger partial charge in [-0.2, -0.15) is 0 Å². The Labute approximate surface area is 66.1 Å². The number of rotatable bonds is 3. The lowest BCUT2D eigenvalue weighted by Crippen LogP contribution is -2.48. The molecule has 2 nitrogen and oxygen atoms in total. The van der Waals surface area contributed by atoms with E-state index in [1.807, 2.05) is 6.08 Å². The second-order valence-corrected chi connectivity index (χ2v) is 2.88. The van der Waals surface area contributed by atoms with Crippen LogP contribution in [0.5, 0.6) is 0 Å². The first-order chi connectivity index (χ1) is 4.86. The smallest absolute Gasteiger partial charge is 0.0483 e. The van der Waals surface area contributed by atoms with Crippen molar-refractivity contribution < 1.29 is 5.11 Å². The average molecular weight is 162 g/mol. The standard InChI is InChI=1S/C7H12ClNO/c8-2-1-3-9-4-7(5-9)6-10/h1-2,7,10H,3-6H2. The molecule has 10 heavy (non-hydrogen) atoms. The molecule has 0 unspecified atom stereocenters. The quantitative estimate of drug-likeness (QED) is 0.658. The van der Waals surface area contributed by atoms with Crippen molar-refractivity contribution in [2.75, 3.05) is 26.2 Å². The summed E-state index contributed by atoms with van der Waals surface area (Å²) in [5.41, 5.74) is 1.53. The number of hydrogen-bond acceptors (Lipinski definition) is 2. The van der Waals surface area contributed by atoms with Crippen LogP contribution in [0, 0.1) is 5.92 Å². The molecule has 0 aromatic carbocycles. The summed E-state index contributed by atoms with van der Waals surface area (Å²) in [5.74, 6) is 0.503. The third kappa shape index (κ3) is 1.97. The molecule has 0 atom stereocenters. The molecular weight excluding hydrogens is 150 g/mol. The summed E-state index contributed by atoms with van der Waals surface area (Å²) in [6.45, 7) is 3.26. The summed E-state index contributed by atoms with van der Waals surface area (Å²) < 4.78 is 0. The zero-order valence-electron chi connectivity index (χ0n) is 5.83. The summed E-state index contributed by atoms with van der Waals surface area (Å²) in [7, 11) is 0. The highest BCUT2D eigenvalue weighted by Gasteiger charge is 2.23. The van der Waals surface area contributed by atoms with E-state index in [0.29, 0.717) is 12.5 Å². The fourth-order valence-corrected chi connectivity index (χ4v) is 1.21. The third-order valence-corrected chi connectivity index (χ3v) is 1.92. The fourth-order valence-electron chi connectivity index (χ4n) is 1.13. The predicted molar refractivity (Wildman–Crippen MR) is 42.0 cm³/mol. The molecule has 0 bridgehead atoms. The van der Waals surface area contributed by atoms with Gasteiger partial charge in [0.25, 0.3) is 0 Å². The molecule has 0 spiro atoms. The van der Waals surface area contributed by atoms with Crippen LogP contribution in [0.2, 0.25) is 0 Å². The van der Waals surface area contributed by atoms with Crippen LogP contribution in [0.1, 0.15) is 0 Å². The molecule has 0 aliphatic carbocycles. The van der Waals surface area contributed by atoms with Crippen LogP contribution in [0.25, 0.3) is 0 Å². The number of aliphatic hydroxyl groups excluding tert-OH is 1. The van der Waals surface area contributed by atoms with Crippen LogP contribution < -0.4 is 0 Å². The molecule has 1 aliphatic heterocycles. The number of aliphatic hydroxyl groups is 1. The van der Waals surface area contributed by atoms with E-state index in [0.717, 1.165) is 19.6 Å². The van der Waals surface area contributed by atoms with Crippen molar-refractivity contribution in [2.24, 2.45) is 5.92 Å². The number of nitrogens with zero attached hydrogens (tertiary/aromatic N) is 1. The van der Waals surface area contributed by atoms with E-state index in [4.69, 9.17) is 16.7 Å². The van der Waals surface area contributed by atoms with Crippen LogP contribution in [0.15, 0.2) is 11.6 Å². The Kier molecular flexibility index (Phi) is 3.19. The van der Waals surface area contributed by atoms with E-state index in [1.165, 1.54) is 5.54 Å². The molecule has 1 aliphatic rings. The maximum absolute atomic E-state index is 8.66. The molecule has 0 amide bonds. The van der Waals surface area contributed by atoms with Crippen LogP contribution in [0.4, 0.5) is 0 Å². The van der Waals surface area contributed by atoms with Gasteiger partial charge in [0, 0.05) is 37.7 Å². The highest BCUT2D eigenvalue weighted by atomic mass is 35.5. The summed E-state index contributed by atoms with van der Waals surface area (Å²) in [4.78, 5) is 2.24. The number of halogens is 1. The van der Waals surface area contributed by atoms with Crippen molar-refractivity contribution in [1.82, 2.24) is 4.90 Å². The van der Waals surface area contributed by atoms with E-state index in [9.17, 15) is 0 Å². The molecule has 0 aromatic rings. The second-order valence-electron chi connectivity index (χ2n) is 2.63. The van der Waals surface area contributed by atoms with Crippen LogP contribution >= 0.6 is 11.6 Å². The summed E-state index contributed by atoms with van der Waals surface area (Å²) in [6, 6.07) is 0. The van der Waals surface area contributed by atoms with E-state index < -0.39 is 0 Å². The minimum absolute atomic E-state index is 0.321. The van der Waals surface area contributed by atoms with Crippen molar-refractivity contribution in [3.63, 3.8) is 0 Å². The number of hydrogen-bond donors (Lipinski definition) is 1. The molecule has 0 radical (unpaired) electrons. The molecule has 3 heteroatoms. The minimum atomic E-state index is 0.321. The average Bonchev–Trinajstić information content (AvgIpc) is 1.86. The Morgan fingerprint density at radius 3 is 2.80 bits per heavy atom. The Hall–Kier alpha value is -0.0500. The van der Waals surface area contributed by atoms with Gasteiger partial charge in [0.1, 0.15) is 0 Å². The second kappa shape index (κ2) is 3.96. The molecule has 1 N–H and O–H groups in total. The predicted octanol–water partition coefficient (Wildman–Crippen LogP) is 0.663. The number of likely N-dealkylation sites (tertiary alicyclic amines) is 1. The lowest BCUT2D eigenvalue weighted by atomic mass is 10.0. The van der Waals surface area contributed by atoms with Gasteiger partial charge in [-0.15, -0.1) is 0 Å². The molecule has 1 fully saturated rings. The summed E-state index contributed by atoms with van der Waals surface area (Å²) in [5, 5.41) is 8.66. The lowest BCUT2D eigenvalue weighted by molar-refractivity contribution is 0.0638. The van der Waals surface area contributed by atoms with Gasteiger partial charge in [-0.1, -0.05) is 17.7 Å². The van der Waals surface area contributed by atoms with Gasteiger partial charge in [0.15, 0.2) is 0 Å². The highest BCUT2D eigenvalue weighted by Crippen LogP contribution is 2.13. The van der Waals surface area contributed by atoms with Gasteiger partial charge in [-0.05, 0) is 0 Å². The van der Waals surface area contributed by atoms with Gasteiger partial charge in [-0.3, -0.25) is 4.90 Å². The van der Waals surface area contributed by atoms with Crippen molar-refractivity contribution in [3.05, 3.63) is 11.6 Å². The van der Waals surface area contributed by atoms with Gasteiger partial charge < -0.3 is 5.11 Å². The topological polar surface area (TPSA) is 23.5 Å². The Bertz CT molecular complexity index is 121. The van der Waals surface area contributed by atoms with E-state index in [2.05, 4.69) is 4.90 Å². The van der Waals surface area contributed by atoms with Gasteiger partial charge in [0.05, 0.1) is 0 Å². The van der Waals surface area contributed by atoms with E-state index >= 15 is 0 Å². The van der Waals surface area contributed by atoms with Crippen molar-refractivity contribution in [3.8, 4) is 0 Å². The van der Waals surface area contributed by atoms with Crippen molar-refractivity contribution >= 4 is 11.6 Å². The maximum Gasteiger partial charge on any atom is 0.0483 e. The van der Waals surface area contributed by atoms with E-state index in [-0.39, 0.29) is 0 Å². The first-order valence-electron chi connectivity index (χ1n) is 3.45. The van der Waals surface area contributed by atoms with Crippen LogP contribution in [-0.4, -0.2) is 36.2 Å². The SMILES string of the molecule is OCC1CN(CC=CCl)C1. The molecular formula is C7H12ClNO. The third-order valence-electron chi connectivity index (χ3n) is 1.74. The molecule has 0 saturated carbocycles. The summed E-state index contributed by atoms with van der Waals surface area (Å²) >= 11 is 5.34. The maximum atomic E-state index is 8.66. The molecule has 0 aromatic heterocycles. The Balaban J connectivity index is 2.03. The zero-order chi connectivity index (χ0) is 7.40. The van der Waals surface area contributed by atoms with Gasteiger partial charge >= 0.3 is 0 Å². The Morgan fingerprint density at radius 1 is 1.60 bits per heavy atom.